The maximum Gasteiger partial charge on any atom is 0.338 e. The van der Waals surface area contributed by atoms with Gasteiger partial charge in [0.15, 0.2) is 0 Å². The predicted octanol–water partition coefficient (Wildman–Crippen LogP) is 2.26. The quantitative estimate of drug-likeness (QED) is 0.882. The molecule has 2 rings (SSSR count). The molecule has 0 aromatic carbocycles. The molecule has 0 saturated carbocycles. The van der Waals surface area contributed by atoms with Gasteiger partial charge in [-0.3, -0.25) is 4.79 Å². The van der Waals surface area contributed by atoms with Gasteiger partial charge in [0, 0.05) is 11.5 Å². The molecule has 1 atom stereocenters. The Labute approximate surface area is 109 Å². The molecule has 1 amide bonds. The molecule has 98 valence electrons. The van der Waals surface area contributed by atoms with Gasteiger partial charge in [-0.05, 0) is 32.8 Å². The van der Waals surface area contributed by atoms with Crippen LogP contribution in [0.1, 0.15) is 35.0 Å². The molecule has 1 aromatic rings. The molecular weight excluding hydrogens is 254 g/mol. The predicted molar refractivity (Wildman–Crippen MR) is 68.2 cm³/mol. The number of carbonyl (C=O) groups is 2. The van der Waals surface area contributed by atoms with Crippen LogP contribution in [0.5, 0.6) is 0 Å². The first-order chi connectivity index (χ1) is 8.42. The number of ether oxygens (including phenoxy) is 1. The maximum atomic E-state index is 12.1. The Hall–Kier alpha value is -1.40. The van der Waals surface area contributed by atoms with Crippen LogP contribution in [0.3, 0.4) is 0 Å². The second kappa shape index (κ2) is 4.70. The highest BCUT2D eigenvalue weighted by molar-refractivity contribution is 7.16. The van der Waals surface area contributed by atoms with Crippen LogP contribution < -0.4 is 5.32 Å². The molecule has 1 aromatic heterocycles. The molecule has 18 heavy (non-hydrogen) atoms. The van der Waals surface area contributed by atoms with Crippen molar-refractivity contribution in [2.24, 2.45) is 0 Å². The molecule has 1 aliphatic heterocycles. The van der Waals surface area contributed by atoms with E-state index in [0.717, 1.165) is 11.3 Å². The third kappa shape index (κ3) is 2.39. The van der Waals surface area contributed by atoms with E-state index in [-0.39, 0.29) is 11.5 Å². The Morgan fingerprint density at radius 3 is 2.83 bits per heavy atom. The van der Waals surface area contributed by atoms with Crippen LogP contribution in [0.4, 0.5) is 5.00 Å². The second-order valence-corrected chi connectivity index (χ2v) is 5.80. The fourth-order valence-electron chi connectivity index (χ4n) is 1.96. The zero-order chi connectivity index (χ0) is 13.3. The third-order valence-corrected chi connectivity index (χ3v) is 3.98. The Kier molecular flexibility index (Phi) is 3.41. The highest BCUT2D eigenvalue weighted by Crippen LogP contribution is 2.31. The van der Waals surface area contributed by atoms with E-state index in [1.165, 1.54) is 11.3 Å². The maximum absolute atomic E-state index is 12.1. The minimum Gasteiger partial charge on any atom is -0.478 e. The standard InChI is InChI=1S/C12H15NO4S/c1-7-6-8(10(14)15)9(18-7)13-11(16)12(2)4-3-5-17-12/h6H,3-5H2,1-2H3,(H,13,16)(H,14,15). The van der Waals surface area contributed by atoms with Gasteiger partial charge in [0.2, 0.25) is 0 Å². The fraction of sp³-hybridized carbons (Fsp3) is 0.500. The summed E-state index contributed by atoms with van der Waals surface area (Å²) in [5.74, 6) is -1.31. The van der Waals surface area contributed by atoms with Crippen molar-refractivity contribution in [3.63, 3.8) is 0 Å². The summed E-state index contributed by atoms with van der Waals surface area (Å²) in [6.07, 6.45) is 1.50. The van der Waals surface area contributed by atoms with Gasteiger partial charge < -0.3 is 15.2 Å². The summed E-state index contributed by atoms with van der Waals surface area (Å²) in [5.41, 5.74) is -0.708. The number of amides is 1. The van der Waals surface area contributed by atoms with Gasteiger partial charge in [0.05, 0.1) is 5.56 Å². The summed E-state index contributed by atoms with van der Waals surface area (Å²) in [6, 6.07) is 1.56. The highest BCUT2D eigenvalue weighted by atomic mass is 32.1. The van der Waals surface area contributed by atoms with Crippen LogP contribution in [-0.4, -0.2) is 29.2 Å². The largest absolute Gasteiger partial charge is 0.478 e. The van der Waals surface area contributed by atoms with E-state index in [0.29, 0.717) is 18.0 Å². The number of carboxylic acids is 1. The van der Waals surface area contributed by atoms with Crippen molar-refractivity contribution in [2.45, 2.75) is 32.3 Å². The minimum atomic E-state index is -1.04. The SMILES string of the molecule is Cc1cc(C(=O)O)c(NC(=O)C2(C)CCCO2)s1. The summed E-state index contributed by atoms with van der Waals surface area (Å²) in [7, 11) is 0. The molecule has 1 unspecified atom stereocenters. The van der Waals surface area contributed by atoms with Gasteiger partial charge in [-0.25, -0.2) is 4.79 Å². The first-order valence-electron chi connectivity index (χ1n) is 5.71. The number of anilines is 1. The van der Waals surface area contributed by atoms with Crippen LogP contribution in [-0.2, 0) is 9.53 Å². The average Bonchev–Trinajstić information content (AvgIpc) is 2.86. The molecule has 1 fully saturated rings. The molecular formula is C12H15NO4S. The van der Waals surface area contributed by atoms with E-state index in [2.05, 4.69) is 5.32 Å². The highest BCUT2D eigenvalue weighted by Gasteiger charge is 2.38. The van der Waals surface area contributed by atoms with E-state index in [4.69, 9.17) is 9.84 Å². The lowest BCUT2D eigenvalue weighted by molar-refractivity contribution is -0.133. The Balaban J connectivity index is 2.19. The number of hydrogen-bond donors (Lipinski definition) is 2. The minimum absolute atomic E-state index is 0.132. The van der Waals surface area contributed by atoms with Gasteiger partial charge in [-0.1, -0.05) is 0 Å². The number of nitrogens with one attached hydrogen (secondary N) is 1. The molecule has 1 aliphatic rings. The van der Waals surface area contributed by atoms with Gasteiger partial charge in [-0.15, -0.1) is 11.3 Å². The monoisotopic (exact) mass is 269 g/mol. The van der Waals surface area contributed by atoms with E-state index in [1.54, 1.807) is 19.9 Å². The molecule has 5 nitrogen and oxygen atoms in total. The van der Waals surface area contributed by atoms with Crippen LogP contribution in [0.25, 0.3) is 0 Å². The van der Waals surface area contributed by atoms with Gasteiger partial charge in [-0.2, -0.15) is 0 Å². The average molecular weight is 269 g/mol. The lowest BCUT2D eigenvalue weighted by atomic mass is 10.0. The lowest BCUT2D eigenvalue weighted by Crippen LogP contribution is -2.39. The summed E-state index contributed by atoms with van der Waals surface area (Å²) in [6.45, 7) is 4.11. The lowest BCUT2D eigenvalue weighted by Gasteiger charge is -2.21. The van der Waals surface area contributed by atoms with E-state index >= 15 is 0 Å². The molecule has 0 bridgehead atoms. The normalized spacial score (nSPS) is 23.0. The van der Waals surface area contributed by atoms with Gasteiger partial charge >= 0.3 is 5.97 Å². The number of carboxylic acid groups (broad SMARTS) is 1. The third-order valence-electron chi connectivity index (χ3n) is 3.01. The molecule has 2 N–H and O–H groups in total. The van der Waals surface area contributed by atoms with E-state index < -0.39 is 11.6 Å². The first kappa shape index (κ1) is 13.0. The Morgan fingerprint density at radius 2 is 2.28 bits per heavy atom. The van der Waals surface area contributed by atoms with Crippen LogP contribution in [0.2, 0.25) is 0 Å². The van der Waals surface area contributed by atoms with Crippen molar-refractivity contribution >= 4 is 28.2 Å². The van der Waals surface area contributed by atoms with E-state index in [9.17, 15) is 9.59 Å². The first-order valence-corrected chi connectivity index (χ1v) is 6.53. The Morgan fingerprint density at radius 1 is 1.56 bits per heavy atom. The zero-order valence-corrected chi connectivity index (χ0v) is 11.1. The van der Waals surface area contributed by atoms with Crippen molar-refractivity contribution in [1.29, 1.82) is 0 Å². The van der Waals surface area contributed by atoms with Crippen molar-refractivity contribution in [3.8, 4) is 0 Å². The number of carbonyl (C=O) groups excluding carboxylic acids is 1. The second-order valence-electron chi connectivity index (χ2n) is 4.54. The number of aromatic carboxylic acids is 1. The molecule has 1 saturated heterocycles. The zero-order valence-electron chi connectivity index (χ0n) is 10.3. The smallest absolute Gasteiger partial charge is 0.338 e. The summed E-state index contributed by atoms with van der Waals surface area (Å²) in [5, 5.41) is 12.1. The van der Waals surface area contributed by atoms with Crippen molar-refractivity contribution < 1.29 is 19.4 Å². The summed E-state index contributed by atoms with van der Waals surface area (Å²) in [4.78, 5) is 24.0. The number of aryl methyl sites for hydroxylation is 1. The van der Waals surface area contributed by atoms with Crippen molar-refractivity contribution in [3.05, 3.63) is 16.5 Å². The molecule has 6 heteroatoms. The van der Waals surface area contributed by atoms with Gasteiger partial charge in [0.1, 0.15) is 10.6 Å². The van der Waals surface area contributed by atoms with Crippen LogP contribution in [0.15, 0.2) is 6.07 Å². The number of thiophene rings is 1. The number of rotatable bonds is 3. The van der Waals surface area contributed by atoms with Crippen molar-refractivity contribution in [1.82, 2.24) is 0 Å². The summed E-state index contributed by atoms with van der Waals surface area (Å²) >= 11 is 1.26. The molecule has 0 spiro atoms. The summed E-state index contributed by atoms with van der Waals surface area (Å²) < 4.78 is 5.43. The fourth-order valence-corrected chi connectivity index (χ4v) is 2.86. The molecule has 0 radical (unpaired) electrons. The number of hydrogen-bond acceptors (Lipinski definition) is 4. The van der Waals surface area contributed by atoms with Crippen LogP contribution in [0, 0.1) is 6.92 Å². The Bertz CT molecular complexity index is 488. The van der Waals surface area contributed by atoms with Crippen molar-refractivity contribution in [2.75, 3.05) is 11.9 Å². The van der Waals surface area contributed by atoms with E-state index in [1.807, 2.05) is 0 Å². The van der Waals surface area contributed by atoms with Crippen LogP contribution >= 0.6 is 11.3 Å². The molecule has 2 heterocycles. The topological polar surface area (TPSA) is 75.6 Å². The van der Waals surface area contributed by atoms with Gasteiger partial charge in [0.25, 0.3) is 5.91 Å². The molecule has 0 aliphatic carbocycles.